The first-order valence-corrected chi connectivity index (χ1v) is 13.4. The number of halogens is 3. The molecular weight excluding hydrogens is 583 g/mol. The van der Waals surface area contributed by atoms with Crippen LogP contribution in [0.3, 0.4) is 0 Å². The Balaban J connectivity index is 1.41. The Hall–Kier alpha value is -5.47. The number of carbonyl (C=O) groups excluding carboxylic acids is 4. The third kappa shape index (κ3) is 6.45. The molecule has 12 nitrogen and oxygen atoms in total. The van der Waals surface area contributed by atoms with Crippen LogP contribution in [0.4, 0.5) is 24.7 Å². The number of pyridine rings is 1. The molecule has 0 radical (unpaired) electrons. The molecule has 0 bridgehead atoms. The summed E-state index contributed by atoms with van der Waals surface area (Å²) in [6.07, 6.45) is 0.182. The summed E-state index contributed by atoms with van der Waals surface area (Å²) in [6, 6.07) is 7.99. The summed E-state index contributed by atoms with van der Waals surface area (Å²) >= 11 is 0. The standard InChI is InChI=1S/C29H26F3N7O5/c1-2-24(41)36-20-10-17(4-5-21(20)44-29(30,31)32)26(42)38-23-11-16(6-8-34-23)19-12-18-25(37-19)28(14-35-27(18)43)7-3-9-39(15-28)13-22(33)40/h2,4-6,8,10-13H,1,3,7,9,14-15H2,(H5-,33,34,35,36,37,38,40,41,42,43)/p+1. The first-order chi connectivity index (χ1) is 20.9. The van der Waals surface area contributed by atoms with E-state index in [4.69, 9.17) is 5.73 Å². The number of H-pyrrole nitrogens is 1. The molecule has 2 aromatic heterocycles. The van der Waals surface area contributed by atoms with Crippen molar-refractivity contribution in [1.82, 2.24) is 15.3 Å². The van der Waals surface area contributed by atoms with Crippen LogP contribution in [0.25, 0.3) is 11.3 Å². The van der Waals surface area contributed by atoms with E-state index in [1.165, 1.54) is 12.4 Å². The van der Waals surface area contributed by atoms with Crippen LogP contribution in [0.1, 0.15) is 39.3 Å². The molecule has 1 saturated heterocycles. The maximum absolute atomic E-state index is 13.0. The van der Waals surface area contributed by atoms with Crippen LogP contribution in [-0.2, 0) is 15.0 Å². The van der Waals surface area contributed by atoms with Gasteiger partial charge < -0.3 is 31.4 Å². The highest BCUT2D eigenvalue weighted by molar-refractivity contribution is 6.23. The molecule has 1 unspecified atom stereocenters. The lowest BCUT2D eigenvalue weighted by molar-refractivity contribution is -0.543. The van der Waals surface area contributed by atoms with Gasteiger partial charge in [0.05, 0.1) is 16.7 Å². The van der Waals surface area contributed by atoms with Crippen molar-refractivity contribution in [3.05, 3.63) is 72.1 Å². The number of carbonyl (C=O) groups is 4. The van der Waals surface area contributed by atoms with Gasteiger partial charge >= 0.3 is 12.3 Å². The number of aromatic amines is 1. The van der Waals surface area contributed by atoms with E-state index in [0.29, 0.717) is 36.5 Å². The van der Waals surface area contributed by atoms with Crippen molar-refractivity contribution in [2.45, 2.75) is 24.6 Å². The second-order valence-electron chi connectivity index (χ2n) is 10.4. The number of nitrogens with one attached hydrogen (secondary N) is 4. The average Bonchev–Trinajstić information content (AvgIpc) is 3.43. The van der Waals surface area contributed by atoms with Gasteiger partial charge in [-0.1, -0.05) is 6.58 Å². The highest BCUT2D eigenvalue weighted by atomic mass is 19.4. The van der Waals surface area contributed by atoms with E-state index in [1.807, 2.05) is 4.58 Å². The van der Waals surface area contributed by atoms with Gasteiger partial charge in [-0.05, 0) is 48.9 Å². The molecule has 5 rings (SSSR count). The first kappa shape index (κ1) is 30.0. The second-order valence-corrected chi connectivity index (χ2v) is 10.4. The zero-order valence-corrected chi connectivity index (χ0v) is 23.1. The van der Waals surface area contributed by atoms with Gasteiger partial charge in [0.15, 0.2) is 12.3 Å². The molecule has 15 heteroatoms. The van der Waals surface area contributed by atoms with Crippen LogP contribution in [0.15, 0.2) is 55.3 Å². The minimum absolute atomic E-state index is 0.0883. The number of primary amides is 1. The topological polar surface area (TPSA) is 171 Å². The Bertz CT molecular complexity index is 1720. The summed E-state index contributed by atoms with van der Waals surface area (Å²) in [5.74, 6) is -2.92. The van der Waals surface area contributed by atoms with E-state index < -0.39 is 35.2 Å². The number of hydrogen-bond donors (Lipinski definition) is 5. The van der Waals surface area contributed by atoms with Gasteiger partial charge in [-0.25, -0.2) is 9.56 Å². The number of anilines is 2. The molecule has 0 aliphatic carbocycles. The van der Waals surface area contributed by atoms with Crippen molar-refractivity contribution in [1.29, 1.82) is 0 Å². The molecule has 4 heterocycles. The van der Waals surface area contributed by atoms with E-state index in [9.17, 15) is 32.3 Å². The molecule has 2 aliphatic rings. The fourth-order valence-electron chi connectivity index (χ4n) is 5.47. The molecule has 1 atom stereocenters. The minimum Gasteiger partial charge on any atom is -0.404 e. The van der Waals surface area contributed by atoms with Gasteiger partial charge in [-0.2, -0.15) is 0 Å². The lowest BCUT2D eigenvalue weighted by Crippen LogP contribution is -2.54. The van der Waals surface area contributed by atoms with Crippen LogP contribution in [0, 0.1) is 0 Å². The predicted molar refractivity (Wildman–Crippen MR) is 152 cm³/mol. The fourth-order valence-corrected chi connectivity index (χ4v) is 5.47. The van der Waals surface area contributed by atoms with Crippen LogP contribution >= 0.6 is 0 Å². The summed E-state index contributed by atoms with van der Waals surface area (Å²) in [7, 11) is 0. The number of hydrogen-bond acceptors (Lipinski definition) is 6. The van der Waals surface area contributed by atoms with Crippen LogP contribution in [0.5, 0.6) is 5.75 Å². The molecule has 44 heavy (non-hydrogen) atoms. The number of nitrogens with zero attached hydrogens (tertiary/aromatic N) is 2. The first-order valence-electron chi connectivity index (χ1n) is 13.4. The number of nitrogens with two attached hydrogens (primary N) is 1. The van der Waals surface area contributed by atoms with Crippen molar-refractivity contribution in [2.24, 2.45) is 5.73 Å². The quantitative estimate of drug-likeness (QED) is 0.203. The van der Waals surface area contributed by atoms with Crippen LogP contribution in [-0.4, -0.2) is 70.4 Å². The molecule has 0 saturated carbocycles. The molecule has 4 amide bonds. The van der Waals surface area contributed by atoms with Gasteiger partial charge in [-0.3, -0.25) is 19.2 Å². The second kappa shape index (κ2) is 11.7. The Morgan fingerprint density at radius 1 is 1.16 bits per heavy atom. The molecular formula is C29H27F3N7O5+. The predicted octanol–water partition coefficient (Wildman–Crippen LogP) is 2.70. The van der Waals surface area contributed by atoms with E-state index in [1.54, 1.807) is 18.2 Å². The Kier molecular flexibility index (Phi) is 7.95. The van der Waals surface area contributed by atoms with Crippen molar-refractivity contribution >= 4 is 41.3 Å². The highest BCUT2D eigenvalue weighted by Gasteiger charge is 2.47. The number of rotatable bonds is 7. The van der Waals surface area contributed by atoms with Crippen molar-refractivity contribution < 1.29 is 41.7 Å². The molecule has 6 N–H and O–H groups in total. The summed E-state index contributed by atoms with van der Waals surface area (Å²) in [5, 5.41) is 7.72. The monoisotopic (exact) mass is 610 g/mol. The van der Waals surface area contributed by atoms with E-state index in [-0.39, 0.29) is 23.0 Å². The molecule has 3 aromatic rings. The fraction of sp³-hybridized carbons (Fsp3) is 0.241. The van der Waals surface area contributed by atoms with Crippen molar-refractivity contribution in [2.75, 3.05) is 30.3 Å². The van der Waals surface area contributed by atoms with E-state index in [0.717, 1.165) is 42.8 Å². The molecule has 228 valence electrons. The molecule has 1 fully saturated rings. The zero-order chi connectivity index (χ0) is 31.6. The van der Waals surface area contributed by atoms with Crippen LogP contribution < -0.4 is 26.4 Å². The maximum Gasteiger partial charge on any atom is 0.573 e. The number of piperidine rings is 1. The number of alkyl halides is 3. The summed E-state index contributed by atoms with van der Waals surface area (Å²) in [5.41, 5.74) is 6.79. The number of fused-ring (bicyclic) bond motifs is 2. The van der Waals surface area contributed by atoms with Gasteiger partial charge in [0.2, 0.25) is 12.1 Å². The zero-order valence-electron chi connectivity index (χ0n) is 23.1. The van der Waals surface area contributed by atoms with Gasteiger partial charge in [0.25, 0.3) is 11.8 Å². The minimum atomic E-state index is -5.03. The number of benzene rings is 1. The summed E-state index contributed by atoms with van der Waals surface area (Å²) in [6.45, 7) is 4.78. The third-order valence-electron chi connectivity index (χ3n) is 7.32. The van der Waals surface area contributed by atoms with Crippen LogP contribution in [0.2, 0.25) is 0 Å². The van der Waals surface area contributed by atoms with Gasteiger partial charge in [-0.15, -0.1) is 13.2 Å². The highest BCUT2D eigenvalue weighted by Crippen LogP contribution is 2.39. The van der Waals surface area contributed by atoms with Crippen molar-refractivity contribution in [3.63, 3.8) is 0 Å². The Morgan fingerprint density at radius 3 is 2.68 bits per heavy atom. The lowest BCUT2D eigenvalue weighted by Gasteiger charge is -2.37. The van der Waals surface area contributed by atoms with Gasteiger partial charge in [0, 0.05) is 41.7 Å². The van der Waals surface area contributed by atoms with Gasteiger partial charge in [0.1, 0.15) is 12.4 Å². The third-order valence-corrected chi connectivity index (χ3v) is 7.32. The Morgan fingerprint density at radius 2 is 1.95 bits per heavy atom. The maximum atomic E-state index is 13.0. The van der Waals surface area contributed by atoms with E-state index >= 15 is 0 Å². The van der Waals surface area contributed by atoms with E-state index in [2.05, 4.69) is 37.2 Å². The number of aromatic nitrogens is 2. The molecule has 1 aromatic carbocycles. The van der Waals surface area contributed by atoms with Crippen molar-refractivity contribution in [3.8, 4) is 17.0 Å². The number of amides is 4. The summed E-state index contributed by atoms with van der Waals surface area (Å²) in [4.78, 5) is 56.6. The lowest BCUT2D eigenvalue weighted by atomic mass is 9.74. The SMILES string of the molecule is C=CC(=O)Nc1cc(C(=O)Nc2cc(-c3cc4c([nH]3)C3(CCC[N+](=CC(N)=O)C3)CNC4=O)ccn2)ccc1OC(F)(F)F. The number of ether oxygens (including phenoxy) is 1. The summed E-state index contributed by atoms with van der Waals surface area (Å²) < 4.78 is 44.3. The largest absolute Gasteiger partial charge is 0.573 e. The molecule has 2 aliphatic heterocycles. The molecule has 1 spiro atoms. The smallest absolute Gasteiger partial charge is 0.404 e. The normalized spacial score (nSPS) is 18.7. The average molecular weight is 611 g/mol. The Labute approximate surface area is 248 Å².